The van der Waals surface area contributed by atoms with Gasteiger partial charge in [-0.15, -0.1) is 10.2 Å². The van der Waals surface area contributed by atoms with Gasteiger partial charge in [-0.1, -0.05) is 42.7 Å². The number of nitrogens with zero attached hydrogens (tertiary/aromatic N) is 7. The number of amides is 1. The lowest BCUT2D eigenvalue weighted by molar-refractivity contribution is -0.143. The molecule has 53 heavy (non-hydrogen) atoms. The number of pyridine rings is 1. The van der Waals surface area contributed by atoms with Crippen LogP contribution < -0.4 is 14.9 Å². The Balaban J connectivity index is 1.23. The fourth-order valence-electron chi connectivity index (χ4n) is 6.47. The summed E-state index contributed by atoms with van der Waals surface area (Å²) in [6.07, 6.45) is 7.94. The molecule has 0 saturated heterocycles. The van der Waals surface area contributed by atoms with E-state index in [1.54, 1.807) is 37.2 Å². The quantitative estimate of drug-likeness (QED) is 0.0793. The van der Waals surface area contributed by atoms with Crippen molar-refractivity contribution in [3.05, 3.63) is 65.6 Å². The van der Waals surface area contributed by atoms with E-state index in [4.69, 9.17) is 9.72 Å². The summed E-state index contributed by atoms with van der Waals surface area (Å²) in [6, 6.07) is 13.3. The van der Waals surface area contributed by atoms with Crippen LogP contribution in [0.5, 0.6) is 0 Å². The van der Waals surface area contributed by atoms with Gasteiger partial charge in [0.05, 0.1) is 28.8 Å². The Bertz CT molecular complexity index is 2160. The Kier molecular flexibility index (Phi) is 12.0. The van der Waals surface area contributed by atoms with E-state index >= 15 is 0 Å². The number of nitrogens with one attached hydrogen (secondary N) is 2. The number of benzene rings is 1. The summed E-state index contributed by atoms with van der Waals surface area (Å²) < 4.78 is 36.4. The van der Waals surface area contributed by atoms with E-state index in [0.717, 1.165) is 40.9 Å². The summed E-state index contributed by atoms with van der Waals surface area (Å²) in [5.74, 6) is 0.511. The van der Waals surface area contributed by atoms with E-state index in [9.17, 15) is 18.0 Å². The highest BCUT2D eigenvalue weighted by Crippen LogP contribution is 2.33. The van der Waals surface area contributed by atoms with Gasteiger partial charge in [-0.05, 0) is 88.3 Å². The van der Waals surface area contributed by atoms with Crippen LogP contribution in [0, 0.1) is 19.8 Å². The molecular weight excluding hydrogens is 715 g/mol. The second-order valence-electron chi connectivity index (χ2n) is 13.3. The van der Waals surface area contributed by atoms with Gasteiger partial charge >= 0.3 is 5.97 Å². The van der Waals surface area contributed by atoms with E-state index in [1.165, 1.54) is 24.2 Å². The number of carbonyl (C=O) groups is 2. The van der Waals surface area contributed by atoms with Gasteiger partial charge in [-0.25, -0.2) is 23.1 Å². The molecule has 6 rings (SSSR count). The number of hydrogen-bond acceptors (Lipinski definition) is 13. The Labute approximate surface area is 313 Å². The molecule has 0 radical (unpaired) electrons. The number of hydrogen-bond donors (Lipinski definition) is 2. The Morgan fingerprint density at radius 1 is 1.00 bits per heavy atom. The Morgan fingerprint density at radius 3 is 2.55 bits per heavy atom. The largest absolute Gasteiger partial charge is 0.466 e. The minimum absolute atomic E-state index is 0.0532. The third kappa shape index (κ3) is 9.35. The molecule has 4 aromatic heterocycles. The molecule has 2 N–H and O–H groups in total. The maximum Gasteiger partial charge on any atom is 0.305 e. The fourth-order valence-corrected chi connectivity index (χ4v) is 8.40. The van der Waals surface area contributed by atoms with Crippen LogP contribution >= 0.6 is 11.3 Å². The molecule has 16 heteroatoms. The average Bonchev–Trinajstić information content (AvgIpc) is 3.89. The van der Waals surface area contributed by atoms with Crippen molar-refractivity contribution in [1.29, 1.82) is 0 Å². The van der Waals surface area contributed by atoms with E-state index < -0.39 is 15.9 Å². The maximum atomic E-state index is 13.8. The van der Waals surface area contributed by atoms with Crippen molar-refractivity contribution in [2.75, 3.05) is 29.6 Å². The van der Waals surface area contributed by atoms with E-state index in [2.05, 4.69) is 30.3 Å². The first kappa shape index (κ1) is 37.8. The number of unbranched alkanes of at least 4 members (excludes halogenated alkanes) is 2. The molecule has 1 saturated carbocycles. The highest BCUT2D eigenvalue weighted by atomic mass is 32.2. The van der Waals surface area contributed by atoms with Crippen molar-refractivity contribution in [1.82, 2.24) is 34.7 Å². The lowest BCUT2D eigenvalue weighted by Crippen LogP contribution is -2.33. The number of fused-ring (bicyclic) bond motifs is 1. The predicted octanol–water partition coefficient (Wildman–Crippen LogP) is 6.85. The van der Waals surface area contributed by atoms with Gasteiger partial charge in [0.25, 0.3) is 5.91 Å². The normalized spacial score (nSPS) is 13.4. The van der Waals surface area contributed by atoms with Crippen molar-refractivity contribution < 1.29 is 22.7 Å². The van der Waals surface area contributed by atoms with Crippen molar-refractivity contribution in [3.8, 4) is 11.1 Å². The van der Waals surface area contributed by atoms with Gasteiger partial charge in [-0.3, -0.25) is 14.3 Å². The number of rotatable bonds is 16. The summed E-state index contributed by atoms with van der Waals surface area (Å²) in [7, 11) is -2.26. The summed E-state index contributed by atoms with van der Waals surface area (Å²) in [6.45, 7) is 6.68. The molecule has 14 nitrogen and oxygen atoms in total. The molecule has 1 amide bonds. The average molecular weight is 760 g/mol. The highest BCUT2D eigenvalue weighted by Gasteiger charge is 2.25. The third-order valence-corrected chi connectivity index (χ3v) is 11.7. The fraction of sp³-hybridized carbons (Fsp3) is 0.432. The third-order valence-electron chi connectivity index (χ3n) is 9.42. The molecule has 1 aromatic carbocycles. The molecule has 0 spiro atoms. The second-order valence-corrected chi connectivity index (χ2v) is 16.2. The first-order chi connectivity index (χ1) is 25.5. The van der Waals surface area contributed by atoms with E-state index in [1.807, 2.05) is 48.9 Å². The summed E-state index contributed by atoms with van der Waals surface area (Å²) >= 11 is 1.52. The Morgan fingerprint density at radius 2 is 1.79 bits per heavy atom. The molecule has 280 valence electrons. The molecule has 0 bridgehead atoms. The van der Waals surface area contributed by atoms with Gasteiger partial charge in [0.15, 0.2) is 16.8 Å². The van der Waals surface area contributed by atoms with Crippen molar-refractivity contribution >= 4 is 66.0 Å². The smallest absolute Gasteiger partial charge is 0.305 e. The van der Waals surface area contributed by atoms with Crippen LogP contribution in [0.15, 0.2) is 48.7 Å². The number of sulfonamides is 1. The minimum Gasteiger partial charge on any atom is -0.466 e. The second kappa shape index (κ2) is 16.8. The summed E-state index contributed by atoms with van der Waals surface area (Å²) in [4.78, 5) is 36.5. The number of para-hydroxylation sites is 1. The molecule has 4 heterocycles. The SMILES string of the molecule is CCOC(=O)CCCCCS(=O)(=O)NC(=O)c1nc(N(C)c2cc(C)c(Nc3nc4ccccc4s3)nn2)ccc1-c1cnn(CC2CCCC2)c1C. The zero-order valence-corrected chi connectivity index (χ0v) is 32.1. The van der Waals surface area contributed by atoms with Gasteiger partial charge in [-0.2, -0.15) is 5.10 Å². The van der Waals surface area contributed by atoms with Crippen molar-refractivity contribution in [3.63, 3.8) is 0 Å². The highest BCUT2D eigenvalue weighted by molar-refractivity contribution is 7.90. The minimum atomic E-state index is -4.01. The number of esters is 1. The van der Waals surface area contributed by atoms with Crippen molar-refractivity contribution in [2.45, 2.75) is 78.7 Å². The van der Waals surface area contributed by atoms with Crippen LogP contribution in [0.2, 0.25) is 0 Å². The first-order valence-electron chi connectivity index (χ1n) is 18.0. The van der Waals surface area contributed by atoms with Gasteiger partial charge in [0.1, 0.15) is 11.5 Å². The number of aromatic nitrogens is 6. The monoisotopic (exact) mass is 759 g/mol. The van der Waals surface area contributed by atoms with Crippen LogP contribution in [0.4, 0.5) is 22.6 Å². The van der Waals surface area contributed by atoms with Crippen molar-refractivity contribution in [2.24, 2.45) is 5.92 Å². The topological polar surface area (TPSA) is 174 Å². The van der Waals surface area contributed by atoms with E-state index in [-0.39, 0.29) is 30.3 Å². The molecular formula is C37H45N9O5S2. The van der Waals surface area contributed by atoms with Gasteiger partial charge in [0.2, 0.25) is 10.0 Å². The van der Waals surface area contributed by atoms with Gasteiger partial charge < -0.3 is 15.0 Å². The van der Waals surface area contributed by atoms with Crippen LogP contribution in [-0.4, -0.2) is 69.6 Å². The number of anilines is 4. The zero-order valence-electron chi connectivity index (χ0n) is 30.5. The van der Waals surface area contributed by atoms with Crippen LogP contribution in [0.3, 0.4) is 0 Å². The zero-order chi connectivity index (χ0) is 37.5. The number of thiazole rings is 1. The first-order valence-corrected chi connectivity index (χ1v) is 20.4. The van der Waals surface area contributed by atoms with Crippen LogP contribution in [0.25, 0.3) is 21.3 Å². The lowest BCUT2D eigenvalue weighted by Gasteiger charge is -2.20. The Hall–Kier alpha value is -4.96. The molecule has 1 aliphatic rings. The molecule has 0 atom stereocenters. The maximum absolute atomic E-state index is 13.8. The predicted molar refractivity (Wildman–Crippen MR) is 206 cm³/mol. The summed E-state index contributed by atoms with van der Waals surface area (Å²) in [5.41, 5.74) is 3.70. The van der Waals surface area contributed by atoms with Gasteiger partial charge in [0, 0.05) is 36.8 Å². The van der Waals surface area contributed by atoms with Crippen LogP contribution in [-0.2, 0) is 26.1 Å². The van der Waals surface area contributed by atoms with E-state index in [0.29, 0.717) is 59.1 Å². The van der Waals surface area contributed by atoms with Crippen LogP contribution in [0.1, 0.15) is 80.0 Å². The standard InChI is InChI=1S/C37H45N9O5S2/c1-5-51-33(47)17-7-6-12-20-53(49,50)44-36(48)34-27(28-22-38-46(25(28)3)23-26-13-8-9-14-26)18-19-31(40-34)45(4)32-21-24(2)35(43-42-32)41-37-39-29-15-10-11-16-30(29)52-37/h10-11,15-16,18-19,21-22,26H,5-9,12-14,17,20,23H2,1-4H3,(H,44,48)(H,39,41,43). The molecule has 1 aliphatic carbocycles. The number of ether oxygens (including phenoxy) is 1. The molecule has 1 fully saturated rings. The number of carbonyl (C=O) groups excluding carboxylic acids is 2. The molecule has 5 aromatic rings. The molecule has 0 aliphatic heterocycles. The summed E-state index contributed by atoms with van der Waals surface area (Å²) in [5, 5.41) is 17.5. The lowest BCUT2D eigenvalue weighted by atomic mass is 10.0. The number of aryl methyl sites for hydroxylation is 1. The molecule has 0 unspecified atom stereocenters.